The second-order valence-electron chi connectivity index (χ2n) is 4.39. The Balaban J connectivity index is 2.40. The van der Waals surface area contributed by atoms with Crippen LogP contribution < -0.4 is 0 Å². The lowest BCUT2D eigenvalue weighted by atomic mass is 10.1. The number of hydrogen-bond donors (Lipinski definition) is 1. The molecular weight excluding hydrogens is 377 g/mol. The van der Waals surface area contributed by atoms with Gasteiger partial charge in [-0.05, 0) is 34.5 Å². The lowest BCUT2D eigenvalue weighted by Gasteiger charge is -2.18. The van der Waals surface area contributed by atoms with Crippen LogP contribution in [0.1, 0.15) is 6.42 Å². The predicted molar refractivity (Wildman–Crippen MR) is 73.6 cm³/mol. The summed E-state index contributed by atoms with van der Waals surface area (Å²) >= 11 is 8.78. The monoisotopic (exact) mass is 385 g/mol. The van der Waals surface area contributed by atoms with Gasteiger partial charge in [0.25, 0.3) is 0 Å². The Morgan fingerprint density at radius 1 is 1.50 bits per heavy atom. The van der Waals surface area contributed by atoms with Crippen molar-refractivity contribution >= 4 is 43.5 Å². The molecule has 1 unspecified atom stereocenters. The summed E-state index contributed by atoms with van der Waals surface area (Å²) < 4.78 is 39.1. The van der Waals surface area contributed by atoms with Gasteiger partial charge in [-0.25, -0.2) is 12.8 Å². The quantitative estimate of drug-likeness (QED) is 0.865. The zero-order valence-corrected chi connectivity index (χ0v) is 13.2. The average molecular weight is 387 g/mol. The van der Waals surface area contributed by atoms with E-state index in [2.05, 4.69) is 15.9 Å². The molecule has 1 aliphatic rings. The van der Waals surface area contributed by atoms with Crippen LogP contribution in [0.25, 0.3) is 0 Å². The lowest BCUT2D eigenvalue weighted by molar-refractivity contribution is -0.141. The van der Waals surface area contributed by atoms with Crippen molar-refractivity contribution in [2.45, 2.75) is 11.3 Å². The highest BCUT2D eigenvalue weighted by atomic mass is 79.9. The number of aliphatic carboxylic acids is 1. The number of rotatable bonds is 3. The molecule has 5 nitrogen and oxygen atoms in total. The number of halogens is 3. The van der Waals surface area contributed by atoms with Crippen molar-refractivity contribution in [1.82, 2.24) is 4.31 Å². The minimum absolute atomic E-state index is 0.0151. The van der Waals surface area contributed by atoms with Crippen LogP contribution in [0.15, 0.2) is 21.5 Å². The standard InChI is InChI=1S/C11H10BrClFNO4S/c12-8-3-7(14)4-9(13)10(8)20(18,19)15-2-1-6(5-15)11(16)17/h3-4,6H,1-2,5H2,(H,16,17). The fourth-order valence-electron chi connectivity index (χ4n) is 2.05. The van der Waals surface area contributed by atoms with Gasteiger partial charge in [0.2, 0.25) is 10.0 Å². The van der Waals surface area contributed by atoms with E-state index in [0.29, 0.717) is 0 Å². The third kappa shape index (κ3) is 2.83. The van der Waals surface area contributed by atoms with E-state index >= 15 is 0 Å². The van der Waals surface area contributed by atoms with E-state index in [9.17, 15) is 17.6 Å². The molecule has 20 heavy (non-hydrogen) atoms. The van der Waals surface area contributed by atoms with Gasteiger partial charge in [-0.15, -0.1) is 0 Å². The van der Waals surface area contributed by atoms with Crippen molar-refractivity contribution in [2.75, 3.05) is 13.1 Å². The molecule has 0 spiro atoms. The molecule has 1 N–H and O–H groups in total. The lowest BCUT2D eigenvalue weighted by Crippen LogP contribution is -2.30. The number of carboxylic acids is 1. The van der Waals surface area contributed by atoms with Gasteiger partial charge in [0.1, 0.15) is 10.7 Å². The molecule has 0 radical (unpaired) electrons. The minimum atomic E-state index is -3.96. The molecule has 0 aromatic heterocycles. The Hall–Kier alpha value is -0.700. The summed E-state index contributed by atoms with van der Waals surface area (Å²) in [6.07, 6.45) is 0.241. The number of carboxylic acid groups (broad SMARTS) is 1. The molecule has 0 amide bonds. The van der Waals surface area contributed by atoms with Crippen molar-refractivity contribution in [3.63, 3.8) is 0 Å². The third-order valence-electron chi connectivity index (χ3n) is 3.06. The molecule has 1 heterocycles. The summed E-state index contributed by atoms with van der Waals surface area (Å²) in [6, 6.07) is 1.91. The minimum Gasteiger partial charge on any atom is -0.481 e. The van der Waals surface area contributed by atoms with E-state index in [-0.39, 0.29) is 33.9 Å². The first-order valence-corrected chi connectivity index (χ1v) is 8.22. The van der Waals surface area contributed by atoms with Crippen LogP contribution >= 0.6 is 27.5 Å². The van der Waals surface area contributed by atoms with E-state index in [4.69, 9.17) is 16.7 Å². The molecule has 0 bridgehead atoms. The van der Waals surface area contributed by atoms with Crippen LogP contribution in [-0.2, 0) is 14.8 Å². The molecule has 1 aliphatic heterocycles. The topological polar surface area (TPSA) is 74.7 Å². The second-order valence-corrected chi connectivity index (χ2v) is 7.52. The zero-order valence-electron chi connectivity index (χ0n) is 10.0. The summed E-state index contributed by atoms with van der Waals surface area (Å²) in [7, 11) is -3.96. The highest BCUT2D eigenvalue weighted by Gasteiger charge is 2.37. The van der Waals surface area contributed by atoms with Gasteiger partial charge < -0.3 is 5.11 Å². The van der Waals surface area contributed by atoms with Crippen molar-refractivity contribution in [3.8, 4) is 0 Å². The van der Waals surface area contributed by atoms with Gasteiger partial charge in [0, 0.05) is 17.6 Å². The predicted octanol–water partition coefficient (Wildman–Crippen LogP) is 2.34. The first kappa shape index (κ1) is 15.7. The molecule has 0 saturated carbocycles. The number of sulfonamides is 1. The second kappa shape index (κ2) is 5.59. The SMILES string of the molecule is O=C(O)C1CCN(S(=O)(=O)c2c(Cl)cc(F)cc2Br)C1. The first-order chi connectivity index (χ1) is 9.23. The Kier molecular flexibility index (Phi) is 4.38. The van der Waals surface area contributed by atoms with E-state index < -0.39 is 27.7 Å². The molecule has 1 atom stereocenters. The number of nitrogens with zero attached hydrogens (tertiary/aromatic N) is 1. The van der Waals surface area contributed by atoms with Gasteiger partial charge >= 0.3 is 5.97 Å². The van der Waals surface area contributed by atoms with E-state index in [0.717, 1.165) is 16.4 Å². The fraction of sp³-hybridized carbons (Fsp3) is 0.364. The Morgan fingerprint density at radius 2 is 2.15 bits per heavy atom. The van der Waals surface area contributed by atoms with Crippen LogP contribution in [0, 0.1) is 11.7 Å². The summed E-state index contributed by atoms with van der Waals surface area (Å²) in [5.74, 6) is -2.43. The Labute approximate surface area is 128 Å². The molecular formula is C11H10BrClFNO4S. The van der Waals surface area contributed by atoms with Crippen molar-refractivity contribution in [2.24, 2.45) is 5.92 Å². The van der Waals surface area contributed by atoms with Gasteiger partial charge in [-0.2, -0.15) is 4.31 Å². The molecule has 2 rings (SSSR count). The molecule has 1 aromatic rings. The zero-order chi connectivity index (χ0) is 15.1. The van der Waals surface area contributed by atoms with Crippen molar-refractivity contribution in [1.29, 1.82) is 0 Å². The van der Waals surface area contributed by atoms with Crippen LogP contribution in [0.3, 0.4) is 0 Å². The van der Waals surface area contributed by atoms with Crippen LogP contribution in [-0.4, -0.2) is 36.9 Å². The molecule has 9 heteroatoms. The van der Waals surface area contributed by atoms with E-state index in [1.165, 1.54) is 0 Å². The molecule has 0 aliphatic carbocycles. The van der Waals surface area contributed by atoms with Crippen LogP contribution in [0.5, 0.6) is 0 Å². The van der Waals surface area contributed by atoms with Crippen molar-refractivity contribution < 1.29 is 22.7 Å². The van der Waals surface area contributed by atoms with Crippen molar-refractivity contribution in [3.05, 3.63) is 27.4 Å². The first-order valence-electron chi connectivity index (χ1n) is 5.61. The summed E-state index contributed by atoms with van der Waals surface area (Å²) in [4.78, 5) is 10.6. The smallest absolute Gasteiger partial charge is 0.307 e. The van der Waals surface area contributed by atoms with Gasteiger partial charge in [0.05, 0.1) is 10.9 Å². The summed E-state index contributed by atoms with van der Waals surface area (Å²) in [5, 5.41) is 8.67. The maximum Gasteiger partial charge on any atom is 0.307 e. The third-order valence-corrected chi connectivity index (χ3v) is 6.33. The summed E-state index contributed by atoms with van der Waals surface area (Å²) in [5.41, 5.74) is 0. The number of benzene rings is 1. The highest BCUT2D eigenvalue weighted by Crippen LogP contribution is 2.34. The number of hydrogen-bond acceptors (Lipinski definition) is 3. The van der Waals surface area contributed by atoms with E-state index in [1.807, 2.05) is 0 Å². The molecule has 1 saturated heterocycles. The normalized spacial score (nSPS) is 20.2. The van der Waals surface area contributed by atoms with Gasteiger partial charge in [-0.1, -0.05) is 11.6 Å². The largest absolute Gasteiger partial charge is 0.481 e. The maximum absolute atomic E-state index is 13.1. The van der Waals surface area contributed by atoms with Crippen LogP contribution in [0.4, 0.5) is 4.39 Å². The molecule has 110 valence electrons. The maximum atomic E-state index is 13.1. The average Bonchev–Trinajstić information content (AvgIpc) is 2.76. The Morgan fingerprint density at radius 3 is 2.65 bits per heavy atom. The molecule has 1 aromatic carbocycles. The Bertz CT molecular complexity index is 643. The fourth-order valence-corrected chi connectivity index (χ4v) is 5.30. The van der Waals surface area contributed by atoms with E-state index in [1.54, 1.807) is 0 Å². The van der Waals surface area contributed by atoms with Gasteiger partial charge in [-0.3, -0.25) is 4.79 Å². The van der Waals surface area contributed by atoms with Gasteiger partial charge in [0.15, 0.2) is 0 Å². The number of carbonyl (C=O) groups is 1. The summed E-state index contributed by atoms with van der Waals surface area (Å²) in [6.45, 7) is -0.0166. The highest BCUT2D eigenvalue weighted by molar-refractivity contribution is 9.10. The van der Waals surface area contributed by atoms with Crippen LogP contribution in [0.2, 0.25) is 5.02 Å². The molecule has 1 fully saturated rings.